The van der Waals surface area contributed by atoms with Gasteiger partial charge in [-0.3, -0.25) is 9.36 Å². The molecule has 0 unspecified atom stereocenters. The van der Waals surface area contributed by atoms with E-state index in [0.717, 1.165) is 55.7 Å². The number of aryl methyl sites for hydroxylation is 2. The summed E-state index contributed by atoms with van der Waals surface area (Å²) in [6.07, 6.45) is 0. The van der Waals surface area contributed by atoms with Gasteiger partial charge in [0.25, 0.3) is 5.91 Å². The second kappa shape index (κ2) is 8.52. The van der Waals surface area contributed by atoms with Crippen molar-refractivity contribution in [3.05, 3.63) is 62.4 Å². The number of halogens is 1. The molecular formula is C20H27ClN4OS+2. The molecule has 2 heterocycles. The highest BCUT2D eigenvalue weighted by molar-refractivity contribution is 7.71. The van der Waals surface area contributed by atoms with Crippen LogP contribution in [0.25, 0.3) is 0 Å². The summed E-state index contributed by atoms with van der Waals surface area (Å²) >= 11 is 11.7. The van der Waals surface area contributed by atoms with Gasteiger partial charge in [-0.05, 0) is 37.6 Å². The molecule has 1 fully saturated rings. The standard InChI is InChI=1S/C20H25ClN4OS/c1-14-10-15(2)25(20(27)18(14)19(22)26)13-24-8-6-23(7-9-24)12-16-4-3-5-17(21)11-16/h3-5,10-11H,6-9,12-13H2,1-2H3,(H2,22,26)/p+2. The highest BCUT2D eigenvalue weighted by Gasteiger charge is 2.24. The molecule has 1 amide bonds. The van der Waals surface area contributed by atoms with Gasteiger partial charge in [0.15, 0.2) is 6.67 Å². The fourth-order valence-electron chi connectivity index (χ4n) is 3.87. The first kappa shape index (κ1) is 20.0. The number of nitrogens with two attached hydrogens (primary N) is 1. The largest absolute Gasteiger partial charge is 0.365 e. The fourth-order valence-corrected chi connectivity index (χ4v) is 4.56. The second-order valence-corrected chi connectivity index (χ2v) is 8.23. The maximum Gasteiger partial charge on any atom is 0.251 e. The van der Waals surface area contributed by atoms with E-state index in [9.17, 15) is 4.79 Å². The molecule has 5 nitrogen and oxygen atoms in total. The van der Waals surface area contributed by atoms with Crippen LogP contribution in [0.15, 0.2) is 30.3 Å². The van der Waals surface area contributed by atoms with Crippen LogP contribution in [0.4, 0.5) is 0 Å². The lowest BCUT2D eigenvalue weighted by Crippen LogP contribution is -3.27. The highest BCUT2D eigenvalue weighted by Crippen LogP contribution is 2.13. The van der Waals surface area contributed by atoms with E-state index < -0.39 is 5.91 Å². The number of hydrogen-bond donors (Lipinski definition) is 3. The molecule has 0 aliphatic carbocycles. The van der Waals surface area contributed by atoms with Gasteiger partial charge in [0.2, 0.25) is 0 Å². The lowest BCUT2D eigenvalue weighted by molar-refractivity contribution is -1.03. The number of nitrogens with one attached hydrogen (secondary N) is 2. The molecule has 1 saturated heterocycles. The molecule has 1 aromatic heterocycles. The van der Waals surface area contributed by atoms with Gasteiger partial charge in [0.05, 0.1) is 5.56 Å². The minimum absolute atomic E-state index is 0.447. The zero-order valence-corrected chi connectivity index (χ0v) is 17.4. The molecule has 4 N–H and O–H groups in total. The molecule has 144 valence electrons. The van der Waals surface area contributed by atoms with E-state index in [1.807, 2.05) is 38.1 Å². The van der Waals surface area contributed by atoms with Crippen LogP contribution in [0.5, 0.6) is 0 Å². The van der Waals surface area contributed by atoms with Crippen LogP contribution in [0.2, 0.25) is 5.02 Å². The Morgan fingerprint density at radius 2 is 1.85 bits per heavy atom. The Bertz CT molecular complexity index is 903. The Balaban J connectivity index is 1.65. The van der Waals surface area contributed by atoms with Crippen molar-refractivity contribution in [1.29, 1.82) is 0 Å². The average Bonchev–Trinajstić information content (AvgIpc) is 2.59. The molecule has 3 rings (SSSR count). The summed E-state index contributed by atoms with van der Waals surface area (Å²) in [5.41, 5.74) is 9.21. The number of pyridine rings is 1. The predicted octanol–water partition coefficient (Wildman–Crippen LogP) is 0.528. The van der Waals surface area contributed by atoms with Crippen LogP contribution in [0, 0.1) is 18.5 Å². The quantitative estimate of drug-likeness (QED) is 0.634. The van der Waals surface area contributed by atoms with E-state index in [1.165, 1.54) is 10.5 Å². The average molecular weight is 407 g/mol. The third kappa shape index (κ3) is 4.76. The van der Waals surface area contributed by atoms with Crippen LogP contribution in [0.1, 0.15) is 27.2 Å². The molecule has 1 aromatic carbocycles. The predicted molar refractivity (Wildman–Crippen MR) is 110 cm³/mol. The van der Waals surface area contributed by atoms with Gasteiger partial charge in [-0.15, -0.1) is 0 Å². The van der Waals surface area contributed by atoms with Crippen molar-refractivity contribution >= 4 is 29.7 Å². The zero-order valence-electron chi connectivity index (χ0n) is 15.8. The number of benzene rings is 1. The molecule has 0 radical (unpaired) electrons. The zero-order chi connectivity index (χ0) is 19.6. The van der Waals surface area contributed by atoms with Crippen molar-refractivity contribution in [2.45, 2.75) is 27.1 Å². The molecule has 0 atom stereocenters. The minimum atomic E-state index is -0.447. The maximum absolute atomic E-state index is 11.8. The smallest absolute Gasteiger partial charge is 0.251 e. The van der Waals surface area contributed by atoms with E-state index in [2.05, 4.69) is 10.6 Å². The Kier molecular flexibility index (Phi) is 6.32. The molecule has 1 aliphatic rings. The molecule has 27 heavy (non-hydrogen) atoms. The van der Waals surface area contributed by atoms with Gasteiger partial charge in [-0.25, -0.2) is 0 Å². The normalized spacial score (nSPS) is 19.8. The van der Waals surface area contributed by atoms with Gasteiger partial charge >= 0.3 is 0 Å². The number of nitrogens with zero attached hydrogens (tertiary/aromatic N) is 1. The molecule has 1 aliphatic heterocycles. The van der Waals surface area contributed by atoms with E-state index in [0.29, 0.717) is 10.2 Å². The second-order valence-electron chi connectivity index (χ2n) is 7.41. The Labute approximate surface area is 170 Å². The number of carbonyl (C=O) groups is 1. The van der Waals surface area contributed by atoms with E-state index in [1.54, 1.807) is 4.90 Å². The van der Waals surface area contributed by atoms with Crippen molar-refractivity contribution in [2.24, 2.45) is 5.73 Å². The monoisotopic (exact) mass is 406 g/mol. The number of carbonyl (C=O) groups excluding carboxylic acids is 1. The molecule has 7 heteroatoms. The Morgan fingerprint density at radius 3 is 2.48 bits per heavy atom. The Hall–Kier alpha value is -1.73. The highest BCUT2D eigenvalue weighted by atomic mass is 35.5. The van der Waals surface area contributed by atoms with Crippen molar-refractivity contribution in [3.63, 3.8) is 0 Å². The molecule has 0 spiro atoms. The van der Waals surface area contributed by atoms with Crippen molar-refractivity contribution in [2.75, 3.05) is 26.2 Å². The van der Waals surface area contributed by atoms with Crippen molar-refractivity contribution in [3.8, 4) is 0 Å². The van der Waals surface area contributed by atoms with Crippen molar-refractivity contribution in [1.82, 2.24) is 4.57 Å². The summed E-state index contributed by atoms with van der Waals surface area (Å²) in [6, 6.07) is 10.1. The lowest BCUT2D eigenvalue weighted by atomic mass is 10.1. The number of primary amides is 1. The number of quaternary nitrogens is 2. The first-order valence-electron chi connectivity index (χ1n) is 9.27. The molecule has 0 bridgehead atoms. The summed E-state index contributed by atoms with van der Waals surface area (Å²) in [5.74, 6) is -0.447. The van der Waals surface area contributed by atoms with Gasteiger partial charge in [-0.1, -0.05) is 36.0 Å². The van der Waals surface area contributed by atoms with Crippen LogP contribution < -0.4 is 15.5 Å². The van der Waals surface area contributed by atoms with Crippen molar-refractivity contribution < 1.29 is 14.6 Å². The number of piperazine rings is 1. The molecular weight excluding hydrogens is 380 g/mol. The topological polar surface area (TPSA) is 56.9 Å². The number of amides is 1. The van der Waals surface area contributed by atoms with Gasteiger partial charge < -0.3 is 15.5 Å². The summed E-state index contributed by atoms with van der Waals surface area (Å²) in [6.45, 7) is 10.0. The number of rotatable bonds is 5. The van der Waals surface area contributed by atoms with Gasteiger partial charge in [0, 0.05) is 16.3 Å². The van der Waals surface area contributed by atoms with Crippen LogP contribution in [-0.4, -0.2) is 36.7 Å². The number of hydrogen-bond acceptors (Lipinski definition) is 2. The van der Waals surface area contributed by atoms with Gasteiger partial charge in [-0.2, -0.15) is 0 Å². The Morgan fingerprint density at radius 1 is 1.19 bits per heavy atom. The lowest BCUT2D eigenvalue weighted by Gasteiger charge is -2.31. The number of aromatic nitrogens is 1. The van der Waals surface area contributed by atoms with E-state index in [4.69, 9.17) is 29.6 Å². The summed E-state index contributed by atoms with van der Waals surface area (Å²) in [4.78, 5) is 14.8. The molecule has 0 saturated carbocycles. The third-order valence-corrected chi connectivity index (χ3v) is 6.00. The first-order valence-corrected chi connectivity index (χ1v) is 10.1. The van der Waals surface area contributed by atoms with E-state index in [-0.39, 0.29) is 0 Å². The SMILES string of the molecule is Cc1cc(C)n(C[NH+]2CC[NH+](Cc3cccc(Cl)c3)CC2)c(=S)c1C(N)=O. The van der Waals surface area contributed by atoms with E-state index >= 15 is 0 Å². The molecule has 2 aromatic rings. The summed E-state index contributed by atoms with van der Waals surface area (Å²) in [5, 5.41) is 0.797. The summed E-state index contributed by atoms with van der Waals surface area (Å²) in [7, 11) is 0. The first-order chi connectivity index (χ1) is 12.8. The van der Waals surface area contributed by atoms with Crippen LogP contribution in [0.3, 0.4) is 0 Å². The fraction of sp³-hybridized carbons (Fsp3) is 0.400. The van der Waals surface area contributed by atoms with Crippen LogP contribution >= 0.6 is 23.8 Å². The third-order valence-electron chi connectivity index (χ3n) is 5.34. The van der Waals surface area contributed by atoms with Gasteiger partial charge in [0.1, 0.15) is 37.4 Å². The summed E-state index contributed by atoms with van der Waals surface area (Å²) < 4.78 is 2.61. The maximum atomic E-state index is 11.8. The minimum Gasteiger partial charge on any atom is -0.365 e. The van der Waals surface area contributed by atoms with Crippen LogP contribution in [-0.2, 0) is 13.2 Å².